The number of nitrogens with one attached hydrogen (secondary N) is 1. The lowest BCUT2D eigenvalue weighted by molar-refractivity contribution is -0.152. The van der Waals surface area contributed by atoms with E-state index in [0.29, 0.717) is 16.6 Å². The lowest BCUT2D eigenvalue weighted by atomic mass is 10.0. The van der Waals surface area contributed by atoms with Crippen LogP contribution in [0.15, 0.2) is 57.5 Å². The van der Waals surface area contributed by atoms with Gasteiger partial charge in [0.15, 0.2) is 4.34 Å². The maximum Gasteiger partial charge on any atom is 0.355 e. The highest BCUT2D eigenvalue weighted by molar-refractivity contribution is 8.15. The largest absolute Gasteiger partial charge is 0.497 e. The van der Waals surface area contributed by atoms with Gasteiger partial charge in [-0.15, -0.1) is 22.0 Å². The SMILES string of the molecule is CC=CCNC1C(=O)N2C(C(=O)OCc3ccc(OC)cc3)=C(C(=O)Sc3nncs3)CS[C@@H]12. The molecule has 34 heavy (non-hydrogen) atoms. The number of ether oxygens (including phenoxy) is 2. The second-order valence-corrected chi connectivity index (χ2v) is 10.4. The van der Waals surface area contributed by atoms with Crippen LogP contribution in [0.3, 0.4) is 0 Å². The minimum atomic E-state index is -0.706. The number of carbonyl (C=O) groups excluding carboxylic acids is 3. The van der Waals surface area contributed by atoms with E-state index in [2.05, 4.69) is 15.5 Å². The number of carbonyl (C=O) groups is 3. The molecule has 178 valence electrons. The molecule has 2 atom stereocenters. The molecule has 1 amide bonds. The smallest absolute Gasteiger partial charge is 0.355 e. The van der Waals surface area contributed by atoms with Crippen LogP contribution < -0.4 is 10.1 Å². The minimum absolute atomic E-state index is 0.000153. The van der Waals surface area contributed by atoms with Crippen molar-refractivity contribution < 1.29 is 23.9 Å². The van der Waals surface area contributed by atoms with Gasteiger partial charge in [0, 0.05) is 17.9 Å². The lowest BCUT2D eigenvalue weighted by Crippen LogP contribution is -2.70. The molecule has 1 aromatic carbocycles. The minimum Gasteiger partial charge on any atom is -0.497 e. The van der Waals surface area contributed by atoms with E-state index in [-0.39, 0.29) is 40.0 Å². The van der Waals surface area contributed by atoms with Gasteiger partial charge in [0.1, 0.15) is 35.0 Å². The molecule has 0 radical (unpaired) electrons. The number of hydrogen-bond donors (Lipinski definition) is 1. The summed E-state index contributed by atoms with van der Waals surface area (Å²) in [5, 5.41) is 10.2. The summed E-state index contributed by atoms with van der Waals surface area (Å²) in [6, 6.07) is 6.67. The Morgan fingerprint density at radius 3 is 2.79 bits per heavy atom. The maximum absolute atomic E-state index is 13.2. The highest BCUT2D eigenvalue weighted by Crippen LogP contribution is 2.42. The Balaban J connectivity index is 1.55. The summed E-state index contributed by atoms with van der Waals surface area (Å²) in [6.45, 7) is 2.44. The van der Waals surface area contributed by atoms with Crippen molar-refractivity contribution in [3.05, 3.63) is 58.8 Å². The summed E-state index contributed by atoms with van der Waals surface area (Å²) in [5.74, 6) is 0.00876. The van der Waals surface area contributed by atoms with Crippen LogP contribution in [0, 0.1) is 0 Å². The summed E-state index contributed by atoms with van der Waals surface area (Å²) < 4.78 is 11.1. The summed E-state index contributed by atoms with van der Waals surface area (Å²) in [4.78, 5) is 40.6. The van der Waals surface area contributed by atoms with Crippen LogP contribution in [0.4, 0.5) is 0 Å². The summed E-state index contributed by atoms with van der Waals surface area (Å²) >= 11 is 3.57. The van der Waals surface area contributed by atoms with Crippen LogP contribution >= 0.6 is 34.9 Å². The van der Waals surface area contributed by atoms with Gasteiger partial charge in [-0.2, -0.15) is 0 Å². The van der Waals surface area contributed by atoms with Gasteiger partial charge < -0.3 is 9.47 Å². The molecule has 2 aliphatic rings. The van der Waals surface area contributed by atoms with E-state index < -0.39 is 12.0 Å². The first kappa shape index (κ1) is 24.5. The Morgan fingerprint density at radius 2 is 2.12 bits per heavy atom. The molecular formula is C22H22N4O5S3. The van der Waals surface area contributed by atoms with Crippen LogP contribution in [-0.2, 0) is 25.7 Å². The van der Waals surface area contributed by atoms with Gasteiger partial charge >= 0.3 is 5.97 Å². The van der Waals surface area contributed by atoms with E-state index in [1.54, 1.807) is 31.4 Å². The van der Waals surface area contributed by atoms with Crippen LogP contribution in [0.2, 0.25) is 0 Å². The number of aromatic nitrogens is 2. The number of fused-ring (bicyclic) bond motifs is 1. The van der Waals surface area contributed by atoms with Gasteiger partial charge in [0.2, 0.25) is 11.0 Å². The molecule has 1 unspecified atom stereocenters. The number of nitrogens with zero attached hydrogens (tertiary/aromatic N) is 3. The molecule has 9 nitrogen and oxygen atoms in total. The Hall–Kier alpha value is -2.67. The monoisotopic (exact) mass is 518 g/mol. The van der Waals surface area contributed by atoms with E-state index in [1.807, 2.05) is 19.1 Å². The fourth-order valence-corrected chi connectivity index (χ4v) is 6.25. The van der Waals surface area contributed by atoms with Gasteiger partial charge in [-0.3, -0.25) is 19.8 Å². The molecule has 0 bridgehead atoms. The molecule has 0 saturated carbocycles. The standard InChI is InChI=1S/C22H22N4O5S3/c1-3-4-9-23-16-18(27)26-17(20(28)31-10-13-5-7-14(30-2)8-6-13)15(11-32-19(16)26)21(29)34-22-25-24-12-33-22/h3-8,12,16,19,23H,9-11H2,1-2H3/t16?,19-/m0/s1. The lowest BCUT2D eigenvalue weighted by Gasteiger charge is -2.49. The molecule has 0 aliphatic carbocycles. The Labute approximate surface area is 209 Å². The van der Waals surface area contributed by atoms with Gasteiger partial charge in [0.05, 0.1) is 7.11 Å². The maximum atomic E-state index is 13.2. The Morgan fingerprint density at radius 1 is 1.32 bits per heavy atom. The van der Waals surface area contributed by atoms with Crippen molar-refractivity contribution in [3.63, 3.8) is 0 Å². The van der Waals surface area contributed by atoms with E-state index in [1.165, 1.54) is 33.5 Å². The first-order valence-corrected chi connectivity index (χ1v) is 13.1. The molecule has 2 aliphatic heterocycles. The number of β-lactam (4-membered cyclic amide) rings is 1. The van der Waals surface area contributed by atoms with Gasteiger partial charge in [0.25, 0.3) is 0 Å². The number of hydrogen-bond acceptors (Lipinski definition) is 11. The average molecular weight is 519 g/mol. The van der Waals surface area contributed by atoms with Crippen molar-refractivity contribution in [1.82, 2.24) is 20.4 Å². The third-order valence-electron chi connectivity index (χ3n) is 5.15. The third-order valence-corrected chi connectivity index (χ3v) is 8.14. The van der Waals surface area contributed by atoms with Gasteiger partial charge in [-0.25, -0.2) is 4.79 Å². The molecule has 2 aromatic rings. The molecule has 0 spiro atoms. The molecule has 1 aromatic heterocycles. The van der Waals surface area contributed by atoms with Crippen LogP contribution in [-0.4, -0.2) is 62.9 Å². The van der Waals surface area contributed by atoms with E-state index in [4.69, 9.17) is 9.47 Å². The third kappa shape index (κ3) is 5.19. The fourth-order valence-electron chi connectivity index (χ4n) is 3.42. The number of methoxy groups -OCH3 is 1. The van der Waals surface area contributed by atoms with Crippen molar-refractivity contribution >= 4 is 51.9 Å². The summed E-state index contributed by atoms with van der Waals surface area (Å²) in [7, 11) is 1.57. The number of rotatable bonds is 9. The number of thioether (sulfide) groups is 2. The zero-order chi connectivity index (χ0) is 24.1. The van der Waals surface area contributed by atoms with E-state index in [9.17, 15) is 14.4 Å². The van der Waals surface area contributed by atoms with Crippen LogP contribution in [0.1, 0.15) is 12.5 Å². The molecular weight excluding hydrogens is 496 g/mol. The zero-order valence-corrected chi connectivity index (χ0v) is 20.9. The first-order chi connectivity index (χ1) is 16.5. The Bertz CT molecular complexity index is 1120. The van der Waals surface area contributed by atoms with Crippen LogP contribution in [0.25, 0.3) is 0 Å². The van der Waals surface area contributed by atoms with E-state index in [0.717, 1.165) is 17.3 Å². The number of amides is 1. The van der Waals surface area contributed by atoms with Crippen LogP contribution in [0.5, 0.6) is 5.75 Å². The summed E-state index contributed by atoms with van der Waals surface area (Å²) in [5.41, 5.74) is 2.53. The highest BCUT2D eigenvalue weighted by Gasteiger charge is 2.54. The number of esters is 1. The van der Waals surface area contributed by atoms with Gasteiger partial charge in [-0.05, 0) is 36.4 Å². The quantitative estimate of drug-likeness (QED) is 0.230. The molecule has 1 N–H and O–H groups in total. The molecule has 1 fully saturated rings. The van der Waals surface area contributed by atoms with Crippen molar-refractivity contribution in [3.8, 4) is 5.75 Å². The molecule has 4 rings (SSSR count). The van der Waals surface area contributed by atoms with Crippen molar-refractivity contribution in [1.29, 1.82) is 0 Å². The predicted molar refractivity (Wildman–Crippen MR) is 130 cm³/mol. The number of benzene rings is 1. The van der Waals surface area contributed by atoms with E-state index >= 15 is 0 Å². The predicted octanol–water partition coefficient (Wildman–Crippen LogP) is 2.61. The van der Waals surface area contributed by atoms with Gasteiger partial charge in [-0.1, -0.05) is 35.6 Å². The molecule has 1 saturated heterocycles. The van der Waals surface area contributed by atoms with Crippen molar-refractivity contribution in [2.75, 3.05) is 19.4 Å². The second-order valence-electron chi connectivity index (χ2n) is 7.21. The normalized spacial score (nSPS) is 19.7. The molecule has 3 heterocycles. The zero-order valence-electron chi connectivity index (χ0n) is 18.4. The number of allylic oxidation sites excluding steroid dienone is 1. The average Bonchev–Trinajstić information content (AvgIpc) is 3.37. The van der Waals surface area contributed by atoms with Crippen molar-refractivity contribution in [2.24, 2.45) is 0 Å². The topological polar surface area (TPSA) is 111 Å². The Kier molecular flexibility index (Phi) is 8.03. The summed E-state index contributed by atoms with van der Waals surface area (Å²) in [6.07, 6.45) is 3.81. The first-order valence-electron chi connectivity index (χ1n) is 10.3. The molecule has 12 heteroatoms. The second kappa shape index (κ2) is 11.2. The fraction of sp³-hybridized carbons (Fsp3) is 0.318. The highest BCUT2D eigenvalue weighted by atomic mass is 32.2. The van der Waals surface area contributed by atoms with Crippen molar-refractivity contribution in [2.45, 2.75) is 29.3 Å².